The number of piperazine rings is 1. The Hall–Kier alpha value is -5.39. The lowest BCUT2D eigenvalue weighted by molar-refractivity contribution is -0.117. The third-order valence-corrected chi connectivity index (χ3v) is 9.23. The number of urea groups is 1. The molecule has 0 bridgehead atoms. The van der Waals surface area contributed by atoms with Crippen molar-refractivity contribution in [1.82, 2.24) is 20.2 Å². The summed E-state index contributed by atoms with van der Waals surface area (Å²) in [5.41, 5.74) is 4.45. The second-order valence-corrected chi connectivity index (χ2v) is 12.5. The van der Waals surface area contributed by atoms with Crippen molar-refractivity contribution in [3.63, 3.8) is 0 Å². The van der Waals surface area contributed by atoms with Gasteiger partial charge in [-0.2, -0.15) is 0 Å². The first kappa shape index (κ1) is 34.5. The van der Waals surface area contributed by atoms with E-state index in [1.165, 1.54) is 4.90 Å². The fourth-order valence-corrected chi connectivity index (χ4v) is 6.29. The van der Waals surface area contributed by atoms with E-state index in [0.29, 0.717) is 59.5 Å². The molecule has 0 atom stereocenters. The fourth-order valence-electron chi connectivity index (χ4n) is 5.68. The zero-order chi connectivity index (χ0) is 35.2. The van der Waals surface area contributed by atoms with Gasteiger partial charge in [-0.05, 0) is 61.5 Å². The number of hydrogen-bond donors (Lipinski definition) is 2. The Morgan fingerprint density at radius 1 is 0.920 bits per heavy atom. The van der Waals surface area contributed by atoms with Crippen LogP contribution in [0, 0.1) is 6.92 Å². The van der Waals surface area contributed by atoms with E-state index in [1.807, 2.05) is 49.4 Å². The van der Waals surface area contributed by atoms with Crippen molar-refractivity contribution in [2.45, 2.75) is 13.5 Å². The molecule has 0 radical (unpaired) electrons. The Morgan fingerprint density at radius 3 is 2.46 bits per heavy atom. The van der Waals surface area contributed by atoms with Crippen LogP contribution in [0.5, 0.6) is 5.75 Å². The normalized spacial score (nSPS) is 12.8. The zero-order valence-electron chi connectivity index (χ0n) is 27.5. The lowest BCUT2D eigenvalue weighted by atomic mass is 10.1. The number of aromatic nitrogens is 2. The van der Waals surface area contributed by atoms with Gasteiger partial charge >= 0.3 is 6.03 Å². The smallest absolute Gasteiger partial charge is 0.319 e. The highest BCUT2D eigenvalue weighted by atomic mass is 35.5. The molecule has 1 aliphatic heterocycles. The minimum Gasteiger partial charge on any atom is -0.487 e. The fraction of sp³-hybridized carbons (Fsp3) is 0.216. The van der Waals surface area contributed by atoms with E-state index in [0.717, 1.165) is 22.3 Å². The Morgan fingerprint density at radius 2 is 1.68 bits per heavy atom. The van der Waals surface area contributed by atoms with Gasteiger partial charge in [0.05, 0.1) is 17.3 Å². The lowest BCUT2D eigenvalue weighted by Crippen LogP contribution is -2.48. The Labute approximate surface area is 299 Å². The molecule has 50 heavy (non-hydrogen) atoms. The largest absolute Gasteiger partial charge is 0.487 e. The highest BCUT2D eigenvalue weighted by molar-refractivity contribution is 6.38. The highest BCUT2D eigenvalue weighted by Crippen LogP contribution is 2.35. The van der Waals surface area contributed by atoms with Gasteiger partial charge in [0.2, 0.25) is 5.91 Å². The standard InChI is InChI=1S/C37H35Cl2N7O4/c1-24-9-10-25-5-4-8-32(35(25)42-24)50-23-29-30(38)11-12-31(34(29)39)44(2)33(47)22-41-37(49)43-27-7-3-6-26(21-27)36(48)46-19-17-45(18-20-46)28-13-15-40-16-14-28/h3-16,21H,17-20,22-23H2,1-2H3,(H2,41,43,49). The summed E-state index contributed by atoms with van der Waals surface area (Å²) in [6.45, 7) is 4.20. The van der Waals surface area contributed by atoms with E-state index >= 15 is 0 Å². The van der Waals surface area contributed by atoms with Gasteiger partial charge in [0.25, 0.3) is 5.91 Å². The molecule has 2 aromatic heterocycles. The van der Waals surface area contributed by atoms with Crippen molar-refractivity contribution >= 4 is 69.0 Å². The molecule has 1 fully saturated rings. The number of hydrogen-bond acceptors (Lipinski definition) is 7. The number of fused-ring (bicyclic) bond motifs is 1. The molecule has 1 saturated heterocycles. The second kappa shape index (κ2) is 15.4. The summed E-state index contributed by atoms with van der Waals surface area (Å²) in [6, 6.07) is 22.9. The molecule has 0 saturated carbocycles. The van der Waals surface area contributed by atoms with Crippen LogP contribution in [-0.2, 0) is 11.4 Å². The van der Waals surface area contributed by atoms with Gasteiger partial charge in [-0.1, -0.05) is 47.5 Å². The number of anilines is 3. The third kappa shape index (κ3) is 7.90. The maximum Gasteiger partial charge on any atom is 0.319 e. The van der Waals surface area contributed by atoms with Crippen LogP contribution in [0.1, 0.15) is 21.6 Å². The van der Waals surface area contributed by atoms with Crippen LogP contribution in [0.25, 0.3) is 10.9 Å². The second-order valence-electron chi connectivity index (χ2n) is 11.8. The van der Waals surface area contributed by atoms with E-state index in [1.54, 1.807) is 60.7 Å². The number of likely N-dealkylation sites (N-methyl/N-ethyl adjacent to an activating group) is 1. The van der Waals surface area contributed by atoms with Crippen molar-refractivity contribution < 1.29 is 19.1 Å². The molecule has 6 rings (SSSR count). The minimum absolute atomic E-state index is 0.0479. The predicted octanol–water partition coefficient (Wildman–Crippen LogP) is 6.57. The van der Waals surface area contributed by atoms with Gasteiger partial charge in [-0.25, -0.2) is 9.78 Å². The number of amides is 4. The number of halogens is 2. The van der Waals surface area contributed by atoms with Crippen molar-refractivity contribution in [3.05, 3.63) is 118 Å². The molecule has 0 spiro atoms. The van der Waals surface area contributed by atoms with Crippen molar-refractivity contribution in [1.29, 1.82) is 0 Å². The molecule has 4 amide bonds. The van der Waals surface area contributed by atoms with Gasteiger partial charge in [-0.15, -0.1) is 0 Å². The summed E-state index contributed by atoms with van der Waals surface area (Å²) in [5.74, 6) is 0.0478. The Bertz CT molecular complexity index is 2040. The van der Waals surface area contributed by atoms with Crippen molar-refractivity contribution in [3.8, 4) is 5.75 Å². The number of benzene rings is 3. The number of carbonyl (C=O) groups is 3. The average molecular weight is 713 g/mol. The molecule has 13 heteroatoms. The van der Waals surface area contributed by atoms with Gasteiger partial charge in [0.1, 0.15) is 17.9 Å². The first-order valence-electron chi connectivity index (χ1n) is 16.0. The molecule has 0 unspecified atom stereocenters. The Kier molecular flexibility index (Phi) is 10.6. The average Bonchev–Trinajstić information content (AvgIpc) is 3.14. The van der Waals surface area contributed by atoms with Crippen LogP contribution < -0.4 is 25.2 Å². The van der Waals surface area contributed by atoms with Crippen LogP contribution in [0.2, 0.25) is 10.0 Å². The van der Waals surface area contributed by atoms with Gasteiger partial charge in [0.15, 0.2) is 0 Å². The molecular formula is C37H35Cl2N7O4. The van der Waals surface area contributed by atoms with Crippen LogP contribution in [-0.4, -0.2) is 72.5 Å². The number of nitrogens with zero attached hydrogens (tertiary/aromatic N) is 5. The third-order valence-electron chi connectivity index (χ3n) is 8.46. The molecule has 3 aromatic carbocycles. The molecule has 5 aromatic rings. The minimum atomic E-state index is -0.599. The molecule has 3 heterocycles. The molecule has 256 valence electrons. The first-order valence-corrected chi connectivity index (χ1v) is 16.8. The van der Waals surface area contributed by atoms with Gasteiger partial charge in [0, 0.05) is 84.2 Å². The summed E-state index contributed by atoms with van der Waals surface area (Å²) in [6.07, 6.45) is 3.51. The molecule has 11 nitrogen and oxygen atoms in total. The highest BCUT2D eigenvalue weighted by Gasteiger charge is 2.23. The Balaban J connectivity index is 1.03. The van der Waals surface area contributed by atoms with E-state index < -0.39 is 11.9 Å². The number of aryl methyl sites for hydroxylation is 1. The quantitative estimate of drug-likeness (QED) is 0.178. The first-order chi connectivity index (χ1) is 24.2. The van der Waals surface area contributed by atoms with Gasteiger partial charge < -0.3 is 30.1 Å². The van der Waals surface area contributed by atoms with Crippen LogP contribution in [0.4, 0.5) is 21.9 Å². The molecular weight excluding hydrogens is 677 g/mol. The predicted molar refractivity (Wildman–Crippen MR) is 197 cm³/mol. The number of para-hydroxylation sites is 1. The van der Waals surface area contributed by atoms with E-state index in [4.69, 9.17) is 27.9 Å². The summed E-state index contributed by atoms with van der Waals surface area (Å²) in [5, 5.41) is 6.86. The number of pyridine rings is 2. The van der Waals surface area contributed by atoms with Gasteiger partial charge in [-0.3, -0.25) is 14.6 Å². The van der Waals surface area contributed by atoms with Crippen molar-refractivity contribution in [2.24, 2.45) is 0 Å². The van der Waals surface area contributed by atoms with E-state index in [-0.39, 0.29) is 24.1 Å². The molecule has 2 N–H and O–H groups in total. The number of ether oxygens (including phenoxy) is 1. The maximum absolute atomic E-state index is 13.2. The zero-order valence-corrected chi connectivity index (χ0v) is 29.0. The summed E-state index contributed by atoms with van der Waals surface area (Å²) in [4.78, 5) is 53.2. The molecule has 0 aliphatic carbocycles. The molecule has 1 aliphatic rings. The van der Waals surface area contributed by atoms with Crippen LogP contribution >= 0.6 is 23.2 Å². The lowest BCUT2D eigenvalue weighted by Gasteiger charge is -2.36. The number of rotatable bonds is 9. The maximum atomic E-state index is 13.2. The summed E-state index contributed by atoms with van der Waals surface area (Å²) >= 11 is 13.3. The van der Waals surface area contributed by atoms with E-state index in [2.05, 4.69) is 25.5 Å². The van der Waals surface area contributed by atoms with Crippen molar-refractivity contribution in [2.75, 3.05) is 54.9 Å². The van der Waals surface area contributed by atoms with E-state index in [9.17, 15) is 14.4 Å². The monoisotopic (exact) mass is 711 g/mol. The summed E-state index contributed by atoms with van der Waals surface area (Å²) in [7, 11) is 1.56. The topological polar surface area (TPSA) is 120 Å². The number of carbonyl (C=O) groups excluding carboxylic acids is 3. The number of nitrogens with one attached hydrogen (secondary N) is 2. The van der Waals surface area contributed by atoms with Crippen LogP contribution in [0.3, 0.4) is 0 Å². The summed E-state index contributed by atoms with van der Waals surface area (Å²) < 4.78 is 6.10. The SMILES string of the molecule is Cc1ccc2cccc(OCc3c(Cl)ccc(N(C)C(=O)CNC(=O)Nc4cccc(C(=O)N5CCN(c6ccncc6)CC5)c4)c3Cl)c2n1. The van der Waals surface area contributed by atoms with Crippen LogP contribution in [0.15, 0.2) is 91.3 Å².